The minimum Gasteiger partial charge on any atom is -0.489 e. The second kappa shape index (κ2) is 19.7. The van der Waals surface area contributed by atoms with E-state index in [-0.39, 0.29) is 18.4 Å². The van der Waals surface area contributed by atoms with Crippen LogP contribution in [-0.4, -0.2) is 124 Å². The van der Waals surface area contributed by atoms with E-state index >= 15 is 0 Å². The maximum absolute atomic E-state index is 13.2. The highest BCUT2D eigenvalue weighted by atomic mass is 19.4. The molecule has 1 aromatic heterocycles. The van der Waals surface area contributed by atoms with Crippen LogP contribution in [0.25, 0.3) is 10.9 Å². The molecule has 2 atom stereocenters. The van der Waals surface area contributed by atoms with Crippen molar-refractivity contribution in [2.75, 3.05) is 45.9 Å². The monoisotopic (exact) mass is 789 g/mol. The molecule has 3 amide bonds. The molecule has 5 N–H and O–H groups in total. The molecule has 2 aliphatic rings. The van der Waals surface area contributed by atoms with Crippen LogP contribution in [0.15, 0.2) is 54.6 Å². The van der Waals surface area contributed by atoms with Gasteiger partial charge in [-0.15, -0.1) is 0 Å². The normalized spacial score (nSPS) is 17.4. The summed E-state index contributed by atoms with van der Waals surface area (Å²) < 4.78 is 74.8. The van der Waals surface area contributed by atoms with E-state index in [9.17, 15) is 45.9 Å². The minimum atomic E-state index is -5.08. The smallest absolute Gasteiger partial charge is 0.489 e. The van der Waals surface area contributed by atoms with E-state index in [0.29, 0.717) is 63.7 Å². The Hall–Kier alpha value is -5.54. The van der Waals surface area contributed by atoms with Crippen molar-refractivity contribution in [1.82, 2.24) is 25.6 Å². The summed E-state index contributed by atoms with van der Waals surface area (Å²) in [5, 5.41) is 27.5. The standard InChI is InChI=1S/C30H35N5O6.2C2HF3O2/c1-20-16-22(24-4-2-3-5-26(24)31-20)19-41-23-8-6-21(7-9-23)29(37)32-27-17-34(11-10-25(27)30(38)33-39)18-28(36)35-12-14-40-15-13-35;2*3-2(4,5)1(6)7/h2-9,16,25,27,39H,10-15,17-19H2,1H3,(H,32,37)(H,33,38);2*(H,6,7)/t25-,27+;;/m0../s1. The van der Waals surface area contributed by atoms with Gasteiger partial charge in [-0.25, -0.2) is 15.1 Å². The average Bonchev–Trinajstić information content (AvgIpc) is 3.14. The van der Waals surface area contributed by atoms with E-state index in [4.69, 9.17) is 29.3 Å². The van der Waals surface area contributed by atoms with Crippen molar-refractivity contribution in [3.05, 3.63) is 71.4 Å². The topological polar surface area (TPSA) is 208 Å². The van der Waals surface area contributed by atoms with Crippen LogP contribution in [0.4, 0.5) is 26.3 Å². The molecule has 5 rings (SSSR count). The number of carboxylic acids is 2. The molecule has 55 heavy (non-hydrogen) atoms. The highest BCUT2D eigenvalue weighted by molar-refractivity contribution is 5.95. The molecule has 3 aromatic rings. The summed E-state index contributed by atoms with van der Waals surface area (Å²) in [6.07, 6.45) is -9.77. The lowest BCUT2D eigenvalue weighted by Gasteiger charge is -2.38. The van der Waals surface area contributed by atoms with Gasteiger partial charge in [-0.05, 0) is 56.3 Å². The van der Waals surface area contributed by atoms with Gasteiger partial charge in [0.15, 0.2) is 0 Å². The fourth-order valence-corrected chi connectivity index (χ4v) is 5.44. The van der Waals surface area contributed by atoms with Crippen molar-refractivity contribution in [2.45, 2.75) is 38.3 Å². The van der Waals surface area contributed by atoms with Crippen molar-refractivity contribution in [3.8, 4) is 5.75 Å². The number of carbonyl (C=O) groups excluding carboxylic acids is 3. The molecular weight excluding hydrogens is 752 g/mol. The SMILES string of the molecule is Cc1cc(COc2ccc(C(=O)N[C@@H]3CN(CC(=O)N4CCOCC4)CC[C@@H]3C(=O)NO)cc2)c2ccccc2n1.O=C(O)C(F)(F)F.O=C(O)C(F)(F)F. The number of carboxylic acid groups (broad SMARTS) is 2. The van der Waals surface area contributed by atoms with Gasteiger partial charge in [0.1, 0.15) is 12.4 Å². The van der Waals surface area contributed by atoms with Crippen LogP contribution >= 0.6 is 0 Å². The second-order valence-corrected chi connectivity index (χ2v) is 12.0. The number of nitrogens with one attached hydrogen (secondary N) is 2. The second-order valence-electron chi connectivity index (χ2n) is 12.0. The third-order valence-corrected chi connectivity index (χ3v) is 8.11. The first-order valence-corrected chi connectivity index (χ1v) is 16.3. The third-order valence-electron chi connectivity index (χ3n) is 8.11. The highest BCUT2D eigenvalue weighted by Crippen LogP contribution is 2.23. The summed E-state index contributed by atoms with van der Waals surface area (Å²) in [5.41, 5.74) is 4.98. The number of pyridine rings is 1. The lowest BCUT2D eigenvalue weighted by Crippen LogP contribution is -2.58. The number of alkyl halides is 6. The minimum absolute atomic E-state index is 0.00560. The Labute approximate surface area is 308 Å². The zero-order valence-corrected chi connectivity index (χ0v) is 29.0. The molecular formula is C34H37F6N5O10. The molecule has 0 spiro atoms. The Morgan fingerprint density at radius 2 is 1.49 bits per heavy atom. The number of nitrogens with zero attached hydrogens (tertiary/aromatic N) is 3. The summed E-state index contributed by atoms with van der Waals surface area (Å²) >= 11 is 0. The maximum atomic E-state index is 13.2. The Bertz CT molecular complexity index is 1780. The number of aromatic nitrogens is 1. The number of amides is 3. The van der Waals surface area contributed by atoms with Gasteiger partial charge >= 0.3 is 24.3 Å². The van der Waals surface area contributed by atoms with Crippen LogP contribution in [0.2, 0.25) is 0 Å². The number of piperidine rings is 1. The Morgan fingerprint density at radius 1 is 0.909 bits per heavy atom. The first kappa shape index (κ1) is 43.9. The molecule has 3 heterocycles. The van der Waals surface area contributed by atoms with Crippen LogP contribution in [-0.2, 0) is 30.5 Å². The van der Waals surface area contributed by atoms with Crippen molar-refractivity contribution in [3.63, 3.8) is 0 Å². The number of halogens is 6. The van der Waals surface area contributed by atoms with Crippen molar-refractivity contribution < 1.29 is 75.2 Å². The molecule has 2 aliphatic heterocycles. The lowest BCUT2D eigenvalue weighted by atomic mass is 9.90. The summed E-state index contributed by atoms with van der Waals surface area (Å²) in [4.78, 5) is 64.3. The van der Waals surface area contributed by atoms with E-state index in [1.54, 1.807) is 34.6 Å². The Morgan fingerprint density at radius 3 is 2.05 bits per heavy atom. The van der Waals surface area contributed by atoms with Gasteiger partial charge in [0.2, 0.25) is 11.8 Å². The van der Waals surface area contributed by atoms with Gasteiger partial charge in [0.05, 0.1) is 37.2 Å². The van der Waals surface area contributed by atoms with Gasteiger partial charge in [-0.1, -0.05) is 18.2 Å². The number of benzene rings is 2. The summed E-state index contributed by atoms with van der Waals surface area (Å²) in [6, 6.07) is 16.1. The van der Waals surface area contributed by atoms with Crippen LogP contribution < -0.4 is 15.5 Å². The lowest BCUT2D eigenvalue weighted by molar-refractivity contribution is -0.193. The largest absolute Gasteiger partial charge is 0.490 e. The van der Waals surface area contributed by atoms with Crippen LogP contribution in [0, 0.1) is 12.8 Å². The zero-order chi connectivity index (χ0) is 40.9. The number of para-hydroxylation sites is 1. The number of hydrogen-bond donors (Lipinski definition) is 5. The Balaban J connectivity index is 0.000000494. The number of aliphatic carboxylic acids is 2. The molecule has 21 heteroatoms. The van der Waals surface area contributed by atoms with Gasteiger partial charge in [0, 0.05) is 41.8 Å². The summed E-state index contributed by atoms with van der Waals surface area (Å²) in [6.45, 7) is 5.46. The molecule has 0 aliphatic carbocycles. The number of likely N-dealkylation sites (tertiary alicyclic amines) is 1. The Kier molecular flexibility index (Phi) is 15.7. The van der Waals surface area contributed by atoms with Crippen LogP contribution in [0.5, 0.6) is 5.75 Å². The number of carbonyl (C=O) groups is 5. The average molecular weight is 790 g/mol. The van der Waals surface area contributed by atoms with E-state index in [2.05, 4.69) is 10.3 Å². The number of rotatable bonds is 8. The predicted octanol–water partition coefficient (Wildman–Crippen LogP) is 3.17. The van der Waals surface area contributed by atoms with Crippen molar-refractivity contribution in [2.24, 2.45) is 5.92 Å². The van der Waals surface area contributed by atoms with E-state index in [0.717, 1.165) is 22.2 Å². The zero-order valence-electron chi connectivity index (χ0n) is 29.0. The summed E-state index contributed by atoms with van der Waals surface area (Å²) in [5.74, 6) is -6.44. The van der Waals surface area contributed by atoms with E-state index in [1.165, 1.54) is 0 Å². The number of aryl methyl sites for hydroxylation is 1. The quantitative estimate of drug-likeness (QED) is 0.127. The summed E-state index contributed by atoms with van der Waals surface area (Å²) in [7, 11) is 0. The maximum Gasteiger partial charge on any atom is 0.490 e. The van der Waals surface area contributed by atoms with E-state index in [1.807, 2.05) is 42.2 Å². The van der Waals surface area contributed by atoms with Gasteiger partial charge in [0.25, 0.3) is 5.91 Å². The molecule has 0 unspecified atom stereocenters. The fourth-order valence-electron chi connectivity index (χ4n) is 5.44. The fraction of sp³-hybridized carbons (Fsp3) is 0.412. The molecule has 15 nitrogen and oxygen atoms in total. The third kappa shape index (κ3) is 13.7. The molecule has 0 radical (unpaired) electrons. The first-order valence-electron chi connectivity index (χ1n) is 16.3. The van der Waals surface area contributed by atoms with Gasteiger partial charge in [-0.2, -0.15) is 26.3 Å². The predicted molar refractivity (Wildman–Crippen MR) is 178 cm³/mol. The molecule has 0 saturated carbocycles. The molecule has 300 valence electrons. The van der Waals surface area contributed by atoms with Crippen LogP contribution in [0.3, 0.4) is 0 Å². The highest BCUT2D eigenvalue weighted by Gasteiger charge is 2.39. The molecule has 0 bridgehead atoms. The molecule has 2 aromatic carbocycles. The number of morpholine rings is 1. The van der Waals surface area contributed by atoms with Crippen molar-refractivity contribution >= 4 is 40.6 Å². The number of ether oxygens (including phenoxy) is 2. The first-order chi connectivity index (χ1) is 25.8. The van der Waals surface area contributed by atoms with E-state index < -0.39 is 42.2 Å². The van der Waals surface area contributed by atoms with Gasteiger partial charge < -0.3 is 29.9 Å². The number of hydroxylamine groups is 1. The number of fused-ring (bicyclic) bond motifs is 1. The molecule has 2 saturated heterocycles. The molecule has 2 fully saturated rings. The number of hydrogen-bond acceptors (Lipinski definition) is 10. The van der Waals surface area contributed by atoms with Gasteiger partial charge in [-0.3, -0.25) is 29.5 Å². The van der Waals surface area contributed by atoms with Crippen LogP contribution in [0.1, 0.15) is 28.0 Å². The van der Waals surface area contributed by atoms with Crippen molar-refractivity contribution in [1.29, 1.82) is 0 Å².